The zero-order valence-corrected chi connectivity index (χ0v) is 10.1. The van der Waals surface area contributed by atoms with Crippen molar-refractivity contribution in [3.63, 3.8) is 0 Å². The summed E-state index contributed by atoms with van der Waals surface area (Å²) in [6.07, 6.45) is 6.22. The molecular formula is C12H21N3O. The molecule has 2 atom stereocenters. The Labute approximate surface area is 96.8 Å². The maximum atomic E-state index is 5.75. The van der Waals surface area contributed by atoms with Crippen LogP contribution in [0.25, 0.3) is 0 Å². The highest BCUT2D eigenvalue weighted by atomic mass is 16.5. The number of hydrogen-bond acceptors (Lipinski definition) is 3. The molecule has 4 heteroatoms. The first-order valence-corrected chi connectivity index (χ1v) is 6.08. The van der Waals surface area contributed by atoms with Crippen LogP contribution in [-0.4, -0.2) is 28.7 Å². The third-order valence-corrected chi connectivity index (χ3v) is 3.19. The van der Waals surface area contributed by atoms with E-state index in [0.717, 1.165) is 31.7 Å². The fourth-order valence-electron chi connectivity index (χ4n) is 2.11. The summed E-state index contributed by atoms with van der Waals surface area (Å²) in [6, 6.07) is 0.574. The van der Waals surface area contributed by atoms with Crippen LogP contribution in [0.1, 0.15) is 32.4 Å². The van der Waals surface area contributed by atoms with Crippen molar-refractivity contribution in [2.45, 2.75) is 45.4 Å². The Morgan fingerprint density at radius 2 is 2.50 bits per heavy atom. The predicted molar refractivity (Wildman–Crippen MR) is 63.0 cm³/mol. The lowest BCUT2D eigenvalue weighted by Gasteiger charge is -2.32. The molecule has 16 heavy (non-hydrogen) atoms. The SMILES string of the molecule is CC(C)C1CC(NCc2cnc[nH]2)CCO1. The predicted octanol–water partition coefficient (Wildman–Crippen LogP) is 1.70. The van der Waals surface area contributed by atoms with Crippen LogP contribution in [0.4, 0.5) is 0 Å². The molecule has 0 aromatic carbocycles. The van der Waals surface area contributed by atoms with Crippen molar-refractivity contribution in [3.8, 4) is 0 Å². The number of H-pyrrole nitrogens is 1. The maximum absolute atomic E-state index is 5.75. The van der Waals surface area contributed by atoms with Crippen LogP contribution >= 0.6 is 0 Å². The molecule has 0 aliphatic carbocycles. The van der Waals surface area contributed by atoms with Crippen molar-refractivity contribution in [1.82, 2.24) is 15.3 Å². The average molecular weight is 223 g/mol. The molecule has 0 radical (unpaired) electrons. The molecule has 2 rings (SSSR count). The number of imidazole rings is 1. The van der Waals surface area contributed by atoms with Crippen LogP contribution in [0, 0.1) is 5.92 Å². The van der Waals surface area contributed by atoms with Crippen molar-refractivity contribution in [1.29, 1.82) is 0 Å². The first kappa shape index (κ1) is 11.6. The lowest BCUT2D eigenvalue weighted by atomic mass is 9.95. The highest BCUT2D eigenvalue weighted by Gasteiger charge is 2.24. The van der Waals surface area contributed by atoms with Gasteiger partial charge in [0.25, 0.3) is 0 Å². The molecule has 2 N–H and O–H groups in total. The van der Waals surface area contributed by atoms with Crippen LogP contribution in [0.2, 0.25) is 0 Å². The highest BCUT2D eigenvalue weighted by Crippen LogP contribution is 2.20. The smallest absolute Gasteiger partial charge is 0.0922 e. The van der Waals surface area contributed by atoms with E-state index in [4.69, 9.17) is 4.74 Å². The summed E-state index contributed by atoms with van der Waals surface area (Å²) < 4.78 is 5.75. The lowest BCUT2D eigenvalue weighted by molar-refractivity contribution is -0.0246. The van der Waals surface area contributed by atoms with Crippen LogP contribution in [0.3, 0.4) is 0 Å². The van der Waals surface area contributed by atoms with E-state index in [0.29, 0.717) is 18.1 Å². The lowest BCUT2D eigenvalue weighted by Crippen LogP contribution is -2.40. The molecule has 0 spiro atoms. The maximum Gasteiger partial charge on any atom is 0.0922 e. The average Bonchev–Trinajstić information content (AvgIpc) is 2.79. The number of ether oxygens (including phenoxy) is 1. The number of nitrogens with one attached hydrogen (secondary N) is 2. The molecule has 1 aromatic rings. The Kier molecular flexibility index (Phi) is 3.96. The van der Waals surface area contributed by atoms with Crippen molar-refractivity contribution in [3.05, 3.63) is 18.2 Å². The number of nitrogens with zero attached hydrogens (tertiary/aromatic N) is 1. The van der Waals surface area contributed by atoms with E-state index in [9.17, 15) is 0 Å². The van der Waals surface area contributed by atoms with Crippen LogP contribution in [-0.2, 0) is 11.3 Å². The van der Waals surface area contributed by atoms with Crippen LogP contribution in [0.15, 0.2) is 12.5 Å². The van der Waals surface area contributed by atoms with Gasteiger partial charge in [-0.15, -0.1) is 0 Å². The molecule has 1 fully saturated rings. The van der Waals surface area contributed by atoms with Gasteiger partial charge in [-0.1, -0.05) is 13.8 Å². The Morgan fingerprint density at radius 3 is 3.19 bits per heavy atom. The fraction of sp³-hybridized carbons (Fsp3) is 0.750. The molecule has 2 heterocycles. The zero-order valence-electron chi connectivity index (χ0n) is 10.1. The van der Waals surface area contributed by atoms with E-state index < -0.39 is 0 Å². The quantitative estimate of drug-likeness (QED) is 0.817. The molecule has 4 nitrogen and oxygen atoms in total. The third-order valence-electron chi connectivity index (χ3n) is 3.19. The number of aromatic amines is 1. The first-order chi connectivity index (χ1) is 7.75. The van der Waals surface area contributed by atoms with Crippen molar-refractivity contribution in [2.75, 3.05) is 6.61 Å². The van der Waals surface area contributed by atoms with E-state index >= 15 is 0 Å². The molecule has 2 unspecified atom stereocenters. The zero-order chi connectivity index (χ0) is 11.4. The molecule has 1 saturated heterocycles. The molecule has 0 bridgehead atoms. The summed E-state index contributed by atoms with van der Waals surface area (Å²) in [6.45, 7) is 6.20. The third kappa shape index (κ3) is 3.06. The minimum absolute atomic E-state index is 0.410. The van der Waals surface area contributed by atoms with Gasteiger partial charge in [-0.2, -0.15) is 0 Å². The molecule has 1 aliphatic rings. The number of rotatable bonds is 4. The van der Waals surface area contributed by atoms with Gasteiger partial charge >= 0.3 is 0 Å². The highest BCUT2D eigenvalue weighted by molar-refractivity contribution is 4.94. The monoisotopic (exact) mass is 223 g/mol. The topological polar surface area (TPSA) is 49.9 Å². The van der Waals surface area contributed by atoms with E-state index in [1.54, 1.807) is 6.33 Å². The Morgan fingerprint density at radius 1 is 1.62 bits per heavy atom. The molecule has 0 saturated carbocycles. The summed E-state index contributed by atoms with van der Waals surface area (Å²) in [5, 5.41) is 3.56. The molecular weight excluding hydrogens is 202 g/mol. The summed E-state index contributed by atoms with van der Waals surface area (Å²) in [5.41, 5.74) is 1.15. The summed E-state index contributed by atoms with van der Waals surface area (Å²) >= 11 is 0. The van der Waals surface area contributed by atoms with Gasteiger partial charge in [-0.05, 0) is 18.8 Å². The molecule has 0 amide bonds. The second-order valence-electron chi connectivity index (χ2n) is 4.83. The van der Waals surface area contributed by atoms with E-state index in [1.807, 2.05) is 6.20 Å². The fourth-order valence-corrected chi connectivity index (χ4v) is 2.11. The van der Waals surface area contributed by atoms with Crippen LogP contribution in [0.5, 0.6) is 0 Å². The summed E-state index contributed by atoms with van der Waals surface area (Å²) in [7, 11) is 0. The van der Waals surface area contributed by atoms with Crippen molar-refractivity contribution >= 4 is 0 Å². The minimum atomic E-state index is 0.410. The second-order valence-corrected chi connectivity index (χ2v) is 4.83. The van der Waals surface area contributed by atoms with Crippen molar-refractivity contribution < 1.29 is 4.74 Å². The first-order valence-electron chi connectivity index (χ1n) is 6.08. The Balaban J connectivity index is 1.77. The van der Waals surface area contributed by atoms with Gasteiger partial charge in [0, 0.05) is 31.1 Å². The molecule has 90 valence electrons. The minimum Gasteiger partial charge on any atom is -0.378 e. The van der Waals surface area contributed by atoms with Gasteiger partial charge in [-0.3, -0.25) is 0 Å². The van der Waals surface area contributed by atoms with Gasteiger partial charge in [0.1, 0.15) is 0 Å². The largest absolute Gasteiger partial charge is 0.378 e. The van der Waals surface area contributed by atoms with Gasteiger partial charge in [0.05, 0.1) is 12.4 Å². The van der Waals surface area contributed by atoms with Gasteiger partial charge in [0.2, 0.25) is 0 Å². The Hall–Kier alpha value is -0.870. The van der Waals surface area contributed by atoms with E-state index in [-0.39, 0.29) is 0 Å². The number of aromatic nitrogens is 2. The standard InChI is InChI=1S/C12H21N3O/c1-9(2)12-5-10(3-4-16-12)14-7-11-6-13-8-15-11/h6,8-10,12,14H,3-5,7H2,1-2H3,(H,13,15). The Bertz CT molecular complexity index is 297. The second kappa shape index (κ2) is 5.46. The summed E-state index contributed by atoms with van der Waals surface area (Å²) in [4.78, 5) is 7.11. The molecule has 1 aliphatic heterocycles. The number of hydrogen-bond donors (Lipinski definition) is 2. The normalized spacial score (nSPS) is 26.2. The van der Waals surface area contributed by atoms with E-state index in [1.165, 1.54) is 0 Å². The molecule has 1 aromatic heterocycles. The summed E-state index contributed by atoms with van der Waals surface area (Å²) in [5.74, 6) is 0.608. The van der Waals surface area contributed by atoms with E-state index in [2.05, 4.69) is 29.1 Å². The van der Waals surface area contributed by atoms with Gasteiger partial charge < -0.3 is 15.0 Å². The van der Waals surface area contributed by atoms with Crippen molar-refractivity contribution in [2.24, 2.45) is 5.92 Å². The van der Waals surface area contributed by atoms with Gasteiger partial charge in [0.15, 0.2) is 0 Å². The van der Waals surface area contributed by atoms with Gasteiger partial charge in [-0.25, -0.2) is 4.98 Å². The van der Waals surface area contributed by atoms with Crippen LogP contribution < -0.4 is 5.32 Å².